The zero-order valence-corrected chi connectivity index (χ0v) is 16.1. The lowest BCUT2D eigenvalue weighted by molar-refractivity contribution is -0.697. The maximum atomic E-state index is 2.32. The lowest BCUT2D eigenvalue weighted by Crippen LogP contribution is -2.31. The van der Waals surface area contributed by atoms with Gasteiger partial charge in [0.1, 0.15) is 24.8 Å². The van der Waals surface area contributed by atoms with Crippen LogP contribution in [0.25, 0.3) is 0 Å². The summed E-state index contributed by atoms with van der Waals surface area (Å²) in [6, 6.07) is 1.11. The average molecular weight is 333 g/mol. The minimum atomic E-state index is 0.557. The van der Waals surface area contributed by atoms with Gasteiger partial charge in [0.15, 0.2) is 0 Å². The summed E-state index contributed by atoms with van der Waals surface area (Å²) in [5, 5.41) is 0. The third-order valence-electron chi connectivity index (χ3n) is 4.70. The van der Waals surface area contributed by atoms with Crippen LogP contribution in [0.4, 0.5) is 0 Å². The van der Waals surface area contributed by atoms with Crippen molar-refractivity contribution in [1.29, 1.82) is 0 Å². The molecule has 0 saturated carbocycles. The van der Waals surface area contributed by atoms with Crippen molar-refractivity contribution in [3.05, 3.63) is 37.4 Å². The molecule has 0 aliphatic carbocycles. The second-order valence-electron chi connectivity index (χ2n) is 7.51. The third-order valence-corrected chi connectivity index (χ3v) is 4.70. The Labute approximate surface area is 147 Å². The highest BCUT2D eigenvalue weighted by Crippen LogP contribution is 2.06. The van der Waals surface area contributed by atoms with Crippen molar-refractivity contribution >= 4 is 0 Å². The van der Waals surface area contributed by atoms with Crippen LogP contribution < -0.4 is 9.13 Å². The summed E-state index contributed by atoms with van der Waals surface area (Å²) < 4.78 is 9.17. The van der Waals surface area contributed by atoms with E-state index in [1.54, 1.807) is 0 Å². The van der Waals surface area contributed by atoms with E-state index in [1.165, 1.54) is 38.5 Å². The van der Waals surface area contributed by atoms with Gasteiger partial charge in [-0.25, -0.2) is 18.3 Å². The molecule has 0 amide bonds. The molecule has 2 aromatic rings. The molecule has 2 aromatic heterocycles. The fourth-order valence-electron chi connectivity index (χ4n) is 2.99. The maximum absolute atomic E-state index is 2.32. The Morgan fingerprint density at radius 1 is 0.625 bits per heavy atom. The second kappa shape index (κ2) is 9.65. The highest BCUT2D eigenvalue weighted by molar-refractivity contribution is 4.70. The minimum absolute atomic E-state index is 0.557. The van der Waals surface area contributed by atoms with Crippen molar-refractivity contribution in [2.75, 3.05) is 0 Å². The van der Waals surface area contributed by atoms with Gasteiger partial charge in [-0.2, -0.15) is 0 Å². The van der Waals surface area contributed by atoms with E-state index in [0.29, 0.717) is 12.1 Å². The van der Waals surface area contributed by atoms with E-state index in [1.807, 2.05) is 0 Å². The van der Waals surface area contributed by atoms with Crippen molar-refractivity contribution < 1.29 is 9.13 Å². The molecule has 0 radical (unpaired) electrons. The number of nitrogens with zero attached hydrogens (tertiary/aromatic N) is 4. The van der Waals surface area contributed by atoms with Gasteiger partial charge in [-0.1, -0.05) is 12.8 Å². The first-order valence-corrected chi connectivity index (χ1v) is 9.69. The Balaban J connectivity index is 1.49. The van der Waals surface area contributed by atoms with Crippen molar-refractivity contribution in [1.82, 2.24) is 9.13 Å². The number of aryl methyl sites for hydroxylation is 2. The zero-order chi connectivity index (χ0) is 17.4. The van der Waals surface area contributed by atoms with Gasteiger partial charge in [-0.05, 0) is 53.4 Å². The van der Waals surface area contributed by atoms with E-state index < -0.39 is 0 Å². The predicted molar refractivity (Wildman–Crippen MR) is 97.7 cm³/mol. The van der Waals surface area contributed by atoms with Gasteiger partial charge in [0.25, 0.3) is 0 Å². The van der Waals surface area contributed by atoms with Gasteiger partial charge in [-0.3, -0.25) is 0 Å². The quantitative estimate of drug-likeness (QED) is 0.436. The Morgan fingerprint density at radius 3 is 1.33 bits per heavy atom. The van der Waals surface area contributed by atoms with Crippen LogP contribution in [0, 0.1) is 0 Å². The fraction of sp³-hybridized carbons (Fsp3) is 0.700. The molecule has 4 nitrogen and oxygen atoms in total. The van der Waals surface area contributed by atoms with Crippen LogP contribution in [0.5, 0.6) is 0 Å². The topological polar surface area (TPSA) is 17.6 Å². The van der Waals surface area contributed by atoms with E-state index in [2.05, 4.69) is 83.4 Å². The van der Waals surface area contributed by atoms with E-state index in [0.717, 1.165) is 13.1 Å². The normalized spacial score (nSPS) is 11.8. The van der Waals surface area contributed by atoms with Crippen molar-refractivity contribution in [2.24, 2.45) is 0 Å². The van der Waals surface area contributed by atoms with Crippen LogP contribution in [0.3, 0.4) is 0 Å². The van der Waals surface area contributed by atoms with E-state index in [9.17, 15) is 0 Å². The van der Waals surface area contributed by atoms with Crippen molar-refractivity contribution in [3.63, 3.8) is 0 Å². The molecule has 0 aromatic carbocycles. The molecule has 2 rings (SSSR count). The minimum Gasteiger partial charge on any atom is -0.237 e. The van der Waals surface area contributed by atoms with E-state index in [4.69, 9.17) is 0 Å². The molecule has 0 aliphatic rings. The number of imidazole rings is 2. The number of rotatable bonds is 11. The molecule has 0 unspecified atom stereocenters. The average Bonchev–Trinajstić information content (AvgIpc) is 3.19. The van der Waals surface area contributed by atoms with Crippen LogP contribution in [0.2, 0.25) is 0 Å². The van der Waals surface area contributed by atoms with Gasteiger partial charge in [0, 0.05) is 0 Å². The van der Waals surface area contributed by atoms with Crippen LogP contribution in [0.15, 0.2) is 37.4 Å². The number of unbranched alkanes of at least 4 members (excludes halogenated alkanes) is 5. The first-order valence-electron chi connectivity index (χ1n) is 9.69. The second-order valence-corrected chi connectivity index (χ2v) is 7.51. The Kier molecular flexibility index (Phi) is 7.54. The van der Waals surface area contributed by atoms with Crippen LogP contribution in [0.1, 0.15) is 78.3 Å². The summed E-state index contributed by atoms with van der Waals surface area (Å²) in [7, 11) is 0. The van der Waals surface area contributed by atoms with E-state index in [-0.39, 0.29) is 0 Å². The Hall–Kier alpha value is -1.58. The summed E-state index contributed by atoms with van der Waals surface area (Å²) in [5.74, 6) is 0. The standard InChI is InChI=1S/C20H36N4/c1-19(2)23-15-13-21(17-23)11-9-7-5-6-8-10-12-22-14-16-24(18-22)20(3)4/h13-20H,5-12H2,1-4H3/q+2. The summed E-state index contributed by atoms with van der Waals surface area (Å²) in [6.07, 6.45) is 21.2. The van der Waals surface area contributed by atoms with Crippen molar-refractivity contribution in [2.45, 2.75) is 91.4 Å². The molecule has 0 bridgehead atoms. The SMILES string of the molecule is CC(C)n1cc[n+](CCCCCCCC[n+]2ccn(C(C)C)c2)c1. The van der Waals surface area contributed by atoms with Crippen molar-refractivity contribution in [3.8, 4) is 0 Å². The largest absolute Gasteiger partial charge is 0.243 e. The molecule has 0 atom stereocenters. The third kappa shape index (κ3) is 6.14. The monoisotopic (exact) mass is 332 g/mol. The summed E-state index contributed by atoms with van der Waals surface area (Å²) in [4.78, 5) is 0. The van der Waals surface area contributed by atoms with Crippen LogP contribution in [-0.2, 0) is 13.1 Å². The van der Waals surface area contributed by atoms with Crippen LogP contribution in [-0.4, -0.2) is 9.13 Å². The molecular formula is C20H36N4+2. The molecule has 134 valence electrons. The first-order chi connectivity index (χ1) is 11.6. The highest BCUT2D eigenvalue weighted by atomic mass is 15.1. The summed E-state index contributed by atoms with van der Waals surface area (Å²) in [6.45, 7) is 11.2. The molecule has 0 saturated heterocycles. The number of aromatic nitrogens is 4. The van der Waals surface area contributed by atoms with Gasteiger partial charge < -0.3 is 0 Å². The van der Waals surface area contributed by atoms with Gasteiger partial charge in [0.05, 0.1) is 25.2 Å². The Morgan fingerprint density at radius 2 is 1.00 bits per heavy atom. The maximum Gasteiger partial charge on any atom is 0.243 e. The fourth-order valence-corrected chi connectivity index (χ4v) is 2.99. The summed E-state index contributed by atoms with van der Waals surface area (Å²) in [5.41, 5.74) is 0. The van der Waals surface area contributed by atoms with Crippen LogP contribution >= 0.6 is 0 Å². The lowest BCUT2D eigenvalue weighted by atomic mass is 10.1. The smallest absolute Gasteiger partial charge is 0.237 e. The number of hydrogen-bond donors (Lipinski definition) is 0. The van der Waals surface area contributed by atoms with Gasteiger partial charge >= 0.3 is 0 Å². The lowest BCUT2D eigenvalue weighted by Gasteiger charge is -2.01. The molecule has 24 heavy (non-hydrogen) atoms. The van der Waals surface area contributed by atoms with Gasteiger partial charge in [0.2, 0.25) is 12.7 Å². The molecule has 2 heterocycles. The summed E-state index contributed by atoms with van der Waals surface area (Å²) >= 11 is 0. The predicted octanol–water partition coefficient (Wildman–Crippen LogP) is 4.07. The van der Waals surface area contributed by atoms with Gasteiger partial charge in [-0.15, -0.1) is 0 Å². The Bertz CT molecular complexity index is 528. The van der Waals surface area contributed by atoms with E-state index >= 15 is 0 Å². The molecular weight excluding hydrogens is 296 g/mol. The highest BCUT2D eigenvalue weighted by Gasteiger charge is 2.07. The molecule has 0 aliphatic heterocycles. The molecule has 0 fully saturated rings. The molecule has 4 heteroatoms. The first kappa shape index (κ1) is 18.8. The number of hydrogen-bond acceptors (Lipinski definition) is 0. The zero-order valence-electron chi connectivity index (χ0n) is 16.1. The molecule has 0 N–H and O–H groups in total. The molecule has 0 spiro atoms.